The molecular formula is C20H24N2O2S2. The van der Waals surface area contributed by atoms with Crippen molar-refractivity contribution in [2.24, 2.45) is 5.92 Å². The van der Waals surface area contributed by atoms with Crippen LogP contribution in [-0.4, -0.2) is 24.2 Å². The number of ether oxygens (including phenoxy) is 1. The monoisotopic (exact) mass is 388 g/mol. The number of carbonyl (C=O) groups is 1. The maximum absolute atomic E-state index is 12.2. The predicted molar refractivity (Wildman–Crippen MR) is 112 cm³/mol. The van der Waals surface area contributed by atoms with E-state index in [1.807, 2.05) is 36.4 Å². The van der Waals surface area contributed by atoms with Crippen molar-refractivity contribution < 1.29 is 9.53 Å². The summed E-state index contributed by atoms with van der Waals surface area (Å²) in [5.41, 5.74) is 1.58. The molecule has 1 aromatic carbocycles. The SMILES string of the molecule is COC(=O)c1cc(-c2ccccc2)sc1NC(=S)NC1CCCCC1C. The second kappa shape index (κ2) is 8.64. The lowest BCUT2D eigenvalue weighted by atomic mass is 9.86. The summed E-state index contributed by atoms with van der Waals surface area (Å²) in [6.07, 6.45) is 4.88. The van der Waals surface area contributed by atoms with Gasteiger partial charge in [-0.25, -0.2) is 4.79 Å². The highest BCUT2D eigenvalue weighted by molar-refractivity contribution is 7.80. The molecule has 2 unspecified atom stereocenters. The van der Waals surface area contributed by atoms with E-state index < -0.39 is 0 Å². The van der Waals surface area contributed by atoms with Crippen molar-refractivity contribution in [3.05, 3.63) is 42.0 Å². The van der Waals surface area contributed by atoms with Crippen molar-refractivity contribution in [3.63, 3.8) is 0 Å². The minimum Gasteiger partial charge on any atom is -0.465 e. The fraction of sp³-hybridized carbons (Fsp3) is 0.400. The summed E-state index contributed by atoms with van der Waals surface area (Å²) < 4.78 is 4.94. The molecular weight excluding hydrogens is 364 g/mol. The molecule has 1 aliphatic rings. The van der Waals surface area contributed by atoms with Gasteiger partial charge in [-0.2, -0.15) is 0 Å². The largest absolute Gasteiger partial charge is 0.465 e. The maximum Gasteiger partial charge on any atom is 0.340 e. The molecule has 0 spiro atoms. The smallest absolute Gasteiger partial charge is 0.340 e. The Balaban J connectivity index is 1.78. The molecule has 138 valence electrons. The van der Waals surface area contributed by atoms with Crippen molar-refractivity contribution >= 4 is 39.6 Å². The van der Waals surface area contributed by atoms with Crippen LogP contribution in [0.25, 0.3) is 10.4 Å². The summed E-state index contributed by atoms with van der Waals surface area (Å²) >= 11 is 7.02. The molecule has 1 fully saturated rings. The van der Waals surface area contributed by atoms with Gasteiger partial charge in [0.2, 0.25) is 0 Å². The zero-order valence-electron chi connectivity index (χ0n) is 15.1. The second-order valence-electron chi connectivity index (χ2n) is 6.68. The third-order valence-corrected chi connectivity index (χ3v) is 6.17. The molecule has 1 aliphatic carbocycles. The van der Waals surface area contributed by atoms with Crippen LogP contribution in [0.4, 0.5) is 5.00 Å². The first-order chi connectivity index (χ1) is 12.6. The zero-order valence-corrected chi connectivity index (χ0v) is 16.7. The van der Waals surface area contributed by atoms with Crippen LogP contribution < -0.4 is 10.6 Å². The molecule has 0 radical (unpaired) electrons. The molecule has 6 heteroatoms. The molecule has 1 saturated carbocycles. The first-order valence-electron chi connectivity index (χ1n) is 8.93. The van der Waals surface area contributed by atoms with E-state index in [9.17, 15) is 4.79 Å². The average Bonchev–Trinajstić information content (AvgIpc) is 3.07. The number of esters is 1. The fourth-order valence-corrected chi connectivity index (χ4v) is 4.70. The van der Waals surface area contributed by atoms with Crippen LogP contribution in [-0.2, 0) is 4.74 Å². The summed E-state index contributed by atoms with van der Waals surface area (Å²) in [7, 11) is 1.40. The van der Waals surface area contributed by atoms with Crippen molar-refractivity contribution in [2.45, 2.75) is 38.6 Å². The molecule has 1 aromatic heterocycles. The molecule has 2 aromatic rings. The average molecular weight is 389 g/mol. The number of thiophene rings is 1. The highest BCUT2D eigenvalue weighted by Gasteiger charge is 2.23. The van der Waals surface area contributed by atoms with Crippen LogP contribution in [0.2, 0.25) is 0 Å². The van der Waals surface area contributed by atoms with Gasteiger partial charge >= 0.3 is 5.97 Å². The Morgan fingerprint density at radius 3 is 2.65 bits per heavy atom. The third-order valence-electron chi connectivity index (χ3n) is 4.85. The van der Waals surface area contributed by atoms with Crippen molar-refractivity contribution in [1.29, 1.82) is 0 Å². The maximum atomic E-state index is 12.2. The number of carbonyl (C=O) groups excluding carboxylic acids is 1. The molecule has 2 atom stereocenters. The van der Waals surface area contributed by atoms with Crippen LogP contribution >= 0.6 is 23.6 Å². The van der Waals surface area contributed by atoms with E-state index in [0.717, 1.165) is 21.9 Å². The highest BCUT2D eigenvalue weighted by atomic mass is 32.1. The molecule has 0 aliphatic heterocycles. The molecule has 0 amide bonds. The van der Waals surface area contributed by atoms with Crippen molar-refractivity contribution in [3.8, 4) is 10.4 Å². The molecule has 0 saturated heterocycles. The number of hydrogen-bond donors (Lipinski definition) is 2. The van der Waals surface area contributed by atoms with E-state index >= 15 is 0 Å². The molecule has 26 heavy (non-hydrogen) atoms. The lowest BCUT2D eigenvalue weighted by Crippen LogP contribution is -2.43. The zero-order chi connectivity index (χ0) is 18.5. The Bertz CT molecular complexity index is 773. The van der Waals surface area contributed by atoms with Gasteiger partial charge in [-0.05, 0) is 42.6 Å². The topological polar surface area (TPSA) is 50.4 Å². The molecule has 0 bridgehead atoms. The van der Waals surface area contributed by atoms with Crippen LogP contribution in [0.5, 0.6) is 0 Å². The van der Waals surface area contributed by atoms with E-state index in [1.54, 1.807) is 0 Å². The Morgan fingerprint density at radius 1 is 1.23 bits per heavy atom. The summed E-state index contributed by atoms with van der Waals surface area (Å²) in [5, 5.41) is 7.93. The van der Waals surface area contributed by atoms with Crippen LogP contribution in [0.3, 0.4) is 0 Å². The number of benzene rings is 1. The fourth-order valence-electron chi connectivity index (χ4n) is 3.33. The van der Waals surface area contributed by atoms with E-state index in [0.29, 0.717) is 22.6 Å². The number of rotatable bonds is 4. The Morgan fingerprint density at radius 2 is 1.96 bits per heavy atom. The van der Waals surface area contributed by atoms with Gasteiger partial charge in [0.25, 0.3) is 0 Å². The van der Waals surface area contributed by atoms with Gasteiger partial charge < -0.3 is 15.4 Å². The number of thiocarbonyl (C=S) groups is 1. The van der Waals surface area contributed by atoms with Gasteiger partial charge in [0.1, 0.15) is 5.00 Å². The third kappa shape index (κ3) is 4.43. The Hall–Kier alpha value is -1.92. The number of anilines is 1. The normalized spacial score (nSPS) is 19.6. The van der Waals surface area contributed by atoms with Crippen molar-refractivity contribution in [1.82, 2.24) is 5.32 Å². The van der Waals surface area contributed by atoms with Gasteiger partial charge in [-0.15, -0.1) is 11.3 Å². The van der Waals surface area contributed by atoms with Gasteiger partial charge in [-0.3, -0.25) is 0 Å². The molecule has 4 nitrogen and oxygen atoms in total. The summed E-state index contributed by atoms with van der Waals surface area (Å²) in [5.74, 6) is 0.242. The van der Waals surface area contributed by atoms with Crippen molar-refractivity contribution in [2.75, 3.05) is 12.4 Å². The summed E-state index contributed by atoms with van der Waals surface area (Å²) in [6, 6.07) is 12.2. The van der Waals surface area contributed by atoms with Crippen LogP contribution in [0.15, 0.2) is 36.4 Å². The Kier molecular flexibility index (Phi) is 6.27. The first kappa shape index (κ1) is 18.9. The number of nitrogens with one attached hydrogen (secondary N) is 2. The van der Waals surface area contributed by atoms with Crippen LogP contribution in [0.1, 0.15) is 43.0 Å². The van der Waals surface area contributed by atoms with E-state index in [4.69, 9.17) is 17.0 Å². The lowest BCUT2D eigenvalue weighted by molar-refractivity contribution is 0.0602. The highest BCUT2D eigenvalue weighted by Crippen LogP contribution is 2.36. The molecule has 2 N–H and O–H groups in total. The minimum absolute atomic E-state index is 0.361. The number of methoxy groups -OCH3 is 1. The summed E-state index contributed by atoms with van der Waals surface area (Å²) in [6.45, 7) is 2.26. The quantitative estimate of drug-likeness (QED) is 0.566. The predicted octanol–water partition coefficient (Wildman–Crippen LogP) is 5.07. The van der Waals surface area contributed by atoms with E-state index in [1.165, 1.54) is 37.7 Å². The van der Waals surface area contributed by atoms with E-state index in [2.05, 4.69) is 17.6 Å². The summed E-state index contributed by atoms with van der Waals surface area (Å²) in [4.78, 5) is 13.2. The molecule has 3 rings (SSSR count). The Labute approximate surface area is 164 Å². The van der Waals surface area contributed by atoms with Gasteiger partial charge in [-0.1, -0.05) is 50.1 Å². The van der Waals surface area contributed by atoms with Gasteiger partial charge in [0.05, 0.1) is 12.7 Å². The number of hydrogen-bond acceptors (Lipinski definition) is 4. The minimum atomic E-state index is -0.361. The first-order valence-corrected chi connectivity index (χ1v) is 10.2. The van der Waals surface area contributed by atoms with Crippen LogP contribution in [0, 0.1) is 5.92 Å². The lowest BCUT2D eigenvalue weighted by Gasteiger charge is -2.30. The standard InChI is InChI=1S/C20H24N2O2S2/c1-13-8-6-7-11-16(13)21-20(25)22-18-15(19(23)24-2)12-17(26-18)14-9-4-3-5-10-14/h3-5,9-10,12-13,16H,6-8,11H2,1-2H3,(H2,21,22,25). The molecule has 1 heterocycles. The second-order valence-corrected chi connectivity index (χ2v) is 8.14. The van der Waals surface area contributed by atoms with Gasteiger partial charge in [0, 0.05) is 10.9 Å². The van der Waals surface area contributed by atoms with E-state index in [-0.39, 0.29) is 5.97 Å². The van der Waals surface area contributed by atoms with Gasteiger partial charge in [0.15, 0.2) is 5.11 Å².